The summed E-state index contributed by atoms with van der Waals surface area (Å²) in [5.41, 5.74) is 0.0344. The van der Waals surface area contributed by atoms with E-state index in [1.165, 1.54) is 0 Å². The largest absolute Gasteiger partial charge is 0.338 e. The van der Waals surface area contributed by atoms with Gasteiger partial charge in [-0.1, -0.05) is 16.8 Å². The van der Waals surface area contributed by atoms with Gasteiger partial charge in [0.2, 0.25) is 5.89 Å². The minimum atomic E-state index is 0.0344. The third-order valence-electron chi connectivity index (χ3n) is 2.46. The highest BCUT2D eigenvalue weighted by Gasteiger charge is 2.12. The number of hydrogen-bond acceptors (Lipinski definition) is 5. The Morgan fingerprint density at radius 1 is 1.25 bits per heavy atom. The van der Waals surface area contributed by atoms with E-state index in [1.807, 2.05) is 24.3 Å². The van der Waals surface area contributed by atoms with Gasteiger partial charge in [0.25, 0.3) is 0 Å². The van der Waals surface area contributed by atoms with Crippen molar-refractivity contribution in [3.8, 4) is 0 Å². The van der Waals surface area contributed by atoms with Crippen LogP contribution in [0.2, 0.25) is 5.02 Å². The molecule has 0 atom stereocenters. The molecular formula is C14H18ClN3OS. The first kappa shape index (κ1) is 15.4. The number of thioether (sulfide) groups is 1. The molecule has 1 aromatic heterocycles. The van der Waals surface area contributed by atoms with Crippen LogP contribution in [0.25, 0.3) is 0 Å². The van der Waals surface area contributed by atoms with Crippen molar-refractivity contribution in [2.24, 2.45) is 0 Å². The van der Waals surface area contributed by atoms with Crippen LogP contribution < -0.4 is 5.32 Å². The first-order chi connectivity index (χ1) is 9.42. The van der Waals surface area contributed by atoms with Crippen molar-refractivity contribution in [1.82, 2.24) is 15.5 Å². The highest BCUT2D eigenvalue weighted by Crippen LogP contribution is 2.23. The molecular weight excluding hydrogens is 294 g/mol. The van der Waals surface area contributed by atoms with E-state index in [4.69, 9.17) is 16.1 Å². The summed E-state index contributed by atoms with van der Waals surface area (Å²) < 4.78 is 5.21. The van der Waals surface area contributed by atoms with E-state index in [2.05, 4.69) is 36.2 Å². The molecule has 0 amide bonds. The van der Waals surface area contributed by atoms with E-state index in [0.29, 0.717) is 24.0 Å². The van der Waals surface area contributed by atoms with Crippen LogP contribution in [-0.4, -0.2) is 15.7 Å². The van der Waals surface area contributed by atoms with Crippen LogP contribution in [0.4, 0.5) is 0 Å². The molecule has 108 valence electrons. The van der Waals surface area contributed by atoms with E-state index in [0.717, 1.165) is 9.92 Å². The lowest BCUT2D eigenvalue weighted by atomic mass is 10.1. The molecule has 0 unspecified atom stereocenters. The Balaban J connectivity index is 1.85. The summed E-state index contributed by atoms with van der Waals surface area (Å²) in [5, 5.41) is 8.03. The van der Waals surface area contributed by atoms with E-state index in [1.54, 1.807) is 11.8 Å². The van der Waals surface area contributed by atoms with Crippen molar-refractivity contribution in [3.63, 3.8) is 0 Å². The second-order valence-corrected chi connectivity index (χ2v) is 6.94. The fourth-order valence-electron chi connectivity index (χ4n) is 1.44. The summed E-state index contributed by atoms with van der Waals surface area (Å²) in [4.78, 5) is 5.49. The number of nitrogens with zero attached hydrogens (tertiary/aromatic N) is 2. The third-order valence-corrected chi connectivity index (χ3v) is 3.72. The van der Waals surface area contributed by atoms with Gasteiger partial charge in [0.1, 0.15) is 0 Å². The summed E-state index contributed by atoms with van der Waals surface area (Å²) in [6, 6.07) is 7.71. The predicted molar refractivity (Wildman–Crippen MR) is 81.9 cm³/mol. The van der Waals surface area contributed by atoms with Gasteiger partial charge in [-0.2, -0.15) is 4.98 Å². The fourth-order valence-corrected chi connectivity index (χ4v) is 2.31. The summed E-state index contributed by atoms with van der Waals surface area (Å²) in [6.45, 7) is 6.88. The van der Waals surface area contributed by atoms with Gasteiger partial charge in [0.05, 0.1) is 12.3 Å². The van der Waals surface area contributed by atoms with Crippen molar-refractivity contribution >= 4 is 23.4 Å². The molecule has 1 aromatic carbocycles. The van der Waals surface area contributed by atoms with Gasteiger partial charge in [-0.15, -0.1) is 11.8 Å². The van der Waals surface area contributed by atoms with Crippen LogP contribution in [-0.2, 0) is 12.3 Å². The average Bonchev–Trinajstić information content (AvgIpc) is 2.83. The zero-order chi connectivity index (χ0) is 14.6. The molecule has 4 nitrogen and oxygen atoms in total. The van der Waals surface area contributed by atoms with E-state index in [9.17, 15) is 0 Å². The highest BCUT2D eigenvalue weighted by molar-refractivity contribution is 7.98. The number of aromatic nitrogens is 2. The molecule has 0 saturated heterocycles. The smallest absolute Gasteiger partial charge is 0.240 e. The molecule has 1 heterocycles. The number of halogens is 1. The molecule has 1 N–H and O–H groups in total. The molecule has 20 heavy (non-hydrogen) atoms. The Bertz CT molecular complexity index is 548. The van der Waals surface area contributed by atoms with Crippen molar-refractivity contribution < 1.29 is 4.52 Å². The van der Waals surface area contributed by atoms with E-state index in [-0.39, 0.29) is 5.54 Å². The first-order valence-electron chi connectivity index (χ1n) is 6.37. The molecule has 2 aromatic rings. The fraction of sp³-hybridized carbons (Fsp3) is 0.429. The van der Waals surface area contributed by atoms with Gasteiger partial charge in [0.15, 0.2) is 5.82 Å². The first-order valence-corrected chi connectivity index (χ1v) is 7.73. The SMILES string of the molecule is CC(C)(C)NCc1nc(CSc2ccc(Cl)cc2)no1. The Morgan fingerprint density at radius 3 is 2.60 bits per heavy atom. The number of benzene rings is 1. The van der Waals surface area contributed by atoms with Crippen LogP contribution >= 0.6 is 23.4 Å². The number of hydrogen-bond donors (Lipinski definition) is 1. The Hall–Kier alpha value is -1.04. The number of rotatable bonds is 5. The minimum Gasteiger partial charge on any atom is -0.338 e. The summed E-state index contributed by atoms with van der Waals surface area (Å²) >= 11 is 7.50. The third kappa shape index (κ3) is 5.15. The standard InChI is InChI=1S/C14H18ClN3OS/c1-14(2,3)16-8-13-17-12(18-19-13)9-20-11-6-4-10(15)5-7-11/h4-7,16H,8-9H2,1-3H3. The van der Waals surface area contributed by atoms with E-state index >= 15 is 0 Å². The lowest BCUT2D eigenvalue weighted by Crippen LogP contribution is -2.35. The highest BCUT2D eigenvalue weighted by atomic mass is 35.5. The van der Waals surface area contributed by atoms with Crippen LogP contribution in [0.3, 0.4) is 0 Å². The lowest BCUT2D eigenvalue weighted by molar-refractivity contribution is 0.334. The molecule has 0 radical (unpaired) electrons. The van der Waals surface area contributed by atoms with Crippen LogP contribution in [0, 0.1) is 0 Å². The summed E-state index contributed by atoms with van der Waals surface area (Å²) in [7, 11) is 0. The average molecular weight is 312 g/mol. The number of nitrogens with one attached hydrogen (secondary N) is 1. The monoisotopic (exact) mass is 311 g/mol. The maximum Gasteiger partial charge on any atom is 0.240 e. The lowest BCUT2D eigenvalue weighted by Gasteiger charge is -2.18. The van der Waals surface area contributed by atoms with Crippen LogP contribution in [0.15, 0.2) is 33.7 Å². The second-order valence-electron chi connectivity index (χ2n) is 5.45. The van der Waals surface area contributed by atoms with Gasteiger partial charge in [-0.3, -0.25) is 0 Å². The van der Waals surface area contributed by atoms with Gasteiger partial charge in [-0.25, -0.2) is 0 Å². The molecule has 0 spiro atoms. The summed E-state index contributed by atoms with van der Waals surface area (Å²) in [5.74, 6) is 2.00. The molecule has 6 heteroatoms. The second kappa shape index (κ2) is 6.61. The van der Waals surface area contributed by atoms with Crippen molar-refractivity contribution in [3.05, 3.63) is 41.0 Å². The van der Waals surface area contributed by atoms with Gasteiger partial charge >= 0.3 is 0 Å². The van der Waals surface area contributed by atoms with Gasteiger partial charge in [0, 0.05) is 15.5 Å². The zero-order valence-corrected chi connectivity index (χ0v) is 13.4. The van der Waals surface area contributed by atoms with Crippen molar-refractivity contribution in [1.29, 1.82) is 0 Å². The topological polar surface area (TPSA) is 51.0 Å². The maximum absolute atomic E-state index is 5.85. The predicted octanol–water partition coefficient (Wildman–Crippen LogP) is 3.90. The zero-order valence-electron chi connectivity index (χ0n) is 11.8. The molecule has 2 rings (SSSR count). The molecule has 0 fully saturated rings. The molecule has 0 aliphatic rings. The van der Waals surface area contributed by atoms with Gasteiger partial charge in [-0.05, 0) is 45.0 Å². The summed E-state index contributed by atoms with van der Waals surface area (Å²) in [6.07, 6.45) is 0. The quantitative estimate of drug-likeness (QED) is 0.849. The maximum atomic E-state index is 5.85. The Labute approximate surface area is 128 Å². The molecule has 0 bridgehead atoms. The van der Waals surface area contributed by atoms with Crippen molar-refractivity contribution in [2.45, 2.75) is 43.5 Å². The van der Waals surface area contributed by atoms with Gasteiger partial charge < -0.3 is 9.84 Å². The normalized spacial score (nSPS) is 11.8. The minimum absolute atomic E-state index is 0.0344. The molecule has 0 aliphatic heterocycles. The van der Waals surface area contributed by atoms with E-state index < -0.39 is 0 Å². The molecule has 0 saturated carbocycles. The van der Waals surface area contributed by atoms with Crippen LogP contribution in [0.5, 0.6) is 0 Å². The van der Waals surface area contributed by atoms with Crippen LogP contribution in [0.1, 0.15) is 32.5 Å². The Kier molecular flexibility index (Phi) is 5.07. The van der Waals surface area contributed by atoms with Crippen molar-refractivity contribution in [2.75, 3.05) is 0 Å². The Morgan fingerprint density at radius 2 is 1.95 bits per heavy atom. The molecule has 0 aliphatic carbocycles.